The summed E-state index contributed by atoms with van der Waals surface area (Å²) in [6.07, 6.45) is 0. The Bertz CT molecular complexity index is 467. The summed E-state index contributed by atoms with van der Waals surface area (Å²) in [5, 5.41) is 11.5. The summed E-state index contributed by atoms with van der Waals surface area (Å²) in [4.78, 5) is 13.2. The molecular weight excluding hydrogens is 232 g/mol. The van der Waals surface area contributed by atoms with Crippen molar-refractivity contribution in [1.82, 2.24) is 5.32 Å². The molecule has 88 valence electrons. The first-order chi connectivity index (χ1) is 8.22. The van der Waals surface area contributed by atoms with E-state index in [-0.39, 0.29) is 17.7 Å². The number of nitrogens with zero attached hydrogens (tertiary/aromatic N) is 1. The number of amides is 1. The fourth-order valence-electron chi connectivity index (χ4n) is 1.80. The Morgan fingerprint density at radius 3 is 3.18 bits per heavy atom. The number of hydrogen-bond donors (Lipinski definition) is 1. The predicted molar refractivity (Wildman–Crippen MR) is 67.7 cm³/mol. The lowest BCUT2D eigenvalue weighted by Gasteiger charge is -2.12. The molecule has 2 rings (SSSR count). The zero-order valence-electron chi connectivity index (χ0n) is 9.64. The topological polar surface area (TPSA) is 52.9 Å². The van der Waals surface area contributed by atoms with E-state index in [1.807, 2.05) is 24.3 Å². The van der Waals surface area contributed by atoms with Gasteiger partial charge in [0.2, 0.25) is 5.91 Å². The Hall–Kier alpha value is -1.47. The third-order valence-corrected chi connectivity index (χ3v) is 4.00. The van der Waals surface area contributed by atoms with Crippen molar-refractivity contribution in [2.75, 3.05) is 12.3 Å². The molecule has 1 aliphatic rings. The molecule has 2 atom stereocenters. The number of nitrogens with one attached hydrogen (secondary N) is 1. The van der Waals surface area contributed by atoms with Crippen LogP contribution in [0.4, 0.5) is 0 Å². The van der Waals surface area contributed by atoms with Gasteiger partial charge in [0, 0.05) is 17.2 Å². The minimum absolute atomic E-state index is 0.0320. The molecule has 1 amide bonds. The van der Waals surface area contributed by atoms with Crippen LogP contribution in [0, 0.1) is 17.2 Å². The molecule has 1 N–H and O–H groups in total. The van der Waals surface area contributed by atoms with Crippen molar-refractivity contribution in [1.29, 1.82) is 5.26 Å². The SMILES string of the molecule is CC(C#N)CNC(=O)C1CSc2ccccc21. The van der Waals surface area contributed by atoms with E-state index in [0.717, 1.165) is 11.3 Å². The van der Waals surface area contributed by atoms with Crippen LogP contribution in [-0.4, -0.2) is 18.2 Å². The summed E-state index contributed by atoms with van der Waals surface area (Å²) in [6.45, 7) is 2.23. The van der Waals surface area contributed by atoms with E-state index in [1.165, 1.54) is 4.90 Å². The third-order valence-electron chi connectivity index (χ3n) is 2.82. The highest BCUT2D eigenvalue weighted by atomic mass is 32.2. The predicted octanol–water partition coefficient (Wildman–Crippen LogP) is 2.15. The van der Waals surface area contributed by atoms with E-state index in [1.54, 1.807) is 18.7 Å². The van der Waals surface area contributed by atoms with Gasteiger partial charge in [-0.1, -0.05) is 18.2 Å². The summed E-state index contributed by atoms with van der Waals surface area (Å²) in [7, 11) is 0. The zero-order valence-corrected chi connectivity index (χ0v) is 10.5. The van der Waals surface area contributed by atoms with Crippen molar-refractivity contribution in [3.05, 3.63) is 29.8 Å². The van der Waals surface area contributed by atoms with Crippen LogP contribution in [0.15, 0.2) is 29.2 Å². The van der Waals surface area contributed by atoms with Gasteiger partial charge < -0.3 is 5.32 Å². The van der Waals surface area contributed by atoms with E-state index in [9.17, 15) is 4.79 Å². The Morgan fingerprint density at radius 2 is 2.41 bits per heavy atom. The number of hydrogen-bond acceptors (Lipinski definition) is 3. The molecule has 17 heavy (non-hydrogen) atoms. The minimum atomic E-state index is -0.136. The van der Waals surface area contributed by atoms with Crippen LogP contribution in [0.5, 0.6) is 0 Å². The highest BCUT2D eigenvalue weighted by molar-refractivity contribution is 7.99. The molecule has 0 bridgehead atoms. The molecule has 1 heterocycles. The number of benzene rings is 1. The van der Waals surface area contributed by atoms with Crippen LogP contribution >= 0.6 is 11.8 Å². The summed E-state index contributed by atoms with van der Waals surface area (Å²) in [5.41, 5.74) is 1.11. The van der Waals surface area contributed by atoms with Crippen LogP contribution in [0.3, 0.4) is 0 Å². The number of carbonyl (C=O) groups excluding carboxylic acids is 1. The molecule has 0 saturated heterocycles. The fraction of sp³-hybridized carbons (Fsp3) is 0.385. The van der Waals surface area contributed by atoms with Crippen molar-refractivity contribution >= 4 is 17.7 Å². The summed E-state index contributed by atoms with van der Waals surface area (Å²) in [5.74, 6) is 0.626. The van der Waals surface area contributed by atoms with Crippen molar-refractivity contribution < 1.29 is 4.79 Å². The molecule has 3 nitrogen and oxygen atoms in total. The average Bonchev–Trinajstić information content (AvgIpc) is 2.79. The maximum atomic E-state index is 12.0. The minimum Gasteiger partial charge on any atom is -0.354 e. The first-order valence-corrected chi connectivity index (χ1v) is 6.60. The molecule has 1 aromatic carbocycles. The van der Waals surface area contributed by atoms with E-state index < -0.39 is 0 Å². The Kier molecular flexibility index (Phi) is 3.70. The highest BCUT2D eigenvalue weighted by Crippen LogP contribution is 2.39. The zero-order chi connectivity index (χ0) is 12.3. The van der Waals surface area contributed by atoms with Crippen LogP contribution in [0.2, 0.25) is 0 Å². The van der Waals surface area contributed by atoms with Gasteiger partial charge in [-0.15, -0.1) is 11.8 Å². The van der Waals surface area contributed by atoms with Gasteiger partial charge in [0.25, 0.3) is 0 Å². The number of thioether (sulfide) groups is 1. The van der Waals surface area contributed by atoms with Gasteiger partial charge in [0.15, 0.2) is 0 Å². The van der Waals surface area contributed by atoms with E-state index in [4.69, 9.17) is 5.26 Å². The van der Waals surface area contributed by atoms with Crippen LogP contribution in [0.1, 0.15) is 18.4 Å². The normalized spacial score (nSPS) is 19.2. The van der Waals surface area contributed by atoms with Gasteiger partial charge >= 0.3 is 0 Å². The Labute approximate surface area is 105 Å². The Balaban J connectivity index is 2.01. The van der Waals surface area contributed by atoms with Crippen LogP contribution in [-0.2, 0) is 4.79 Å². The molecule has 0 spiro atoms. The fourth-order valence-corrected chi connectivity index (χ4v) is 3.03. The largest absolute Gasteiger partial charge is 0.354 e. The molecule has 0 aliphatic carbocycles. The van der Waals surface area contributed by atoms with Crippen molar-refractivity contribution in [3.8, 4) is 6.07 Å². The second-order valence-electron chi connectivity index (χ2n) is 4.18. The number of fused-ring (bicyclic) bond motifs is 1. The number of rotatable bonds is 3. The molecule has 0 saturated carbocycles. The summed E-state index contributed by atoms with van der Waals surface area (Å²) in [6, 6.07) is 10.1. The van der Waals surface area contributed by atoms with Gasteiger partial charge in [-0.2, -0.15) is 5.26 Å². The number of carbonyl (C=O) groups is 1. The van der Waals surface area contributed by atoms with Crippen LogP contribution < -0.4 is 5.32 Å². The molecule has 4 heteroatoms. The van der Waals surface area contributed by atoms with Gasteiger partial charge in [-0.3, -0.25) is 4.79 Å². The highest BCUT2D eigenvalue weighted by Gasteiger charge is 2.28. The second-order valence-corrected chi connectivity index (χ2v) is 5.24. The lowest BCUT2D eigenvalue weighted by atomic mass is 10.0. The van der Waals surface area contributed by atoms with Crippen LogP contribution in [0.25, 0.3) is 0 Å². The van der Waals surface area contributed by atoms with Crippen molar-refractivity contribution in [2.24, 2.45) is 5.92 Å². The Morgan fingerprint density at radius 1 is 1.65 bits per heavy atom. The number of nitriles is 1. The van der Waals surface area contributed by atoms with E-state index >= 15 is 0 Å². The smallest absolute Gasteiger partial charge is 0.228 e. The van der Waals surface area contributed by atoms with E-state index in [2.05, 4.69) is 11.4 Å². The summed E-state index contributed by atoms with van der Waals surface area (Å²) < 4.78 is 0. The summed E-state index contributed by atoms with van der Waals surface area (Å²) >= 11 is 1.72. The molecule has 0 radical (unpaired) electrons. The standard InChI is InChI=1S/C13H14N2OS/c1-9(6-14)7-15-13(16)11-8-17-12-5-3-2-4-10(11)12/h2-5,9,11H,7-8H2,1H3,(H,15,16). The molecule has 1 aromatic rings. The molecule has 0 fully saturated rings. The van der Waals surface area contributed by atoms with Crippen molar-refractivity contribution in [2.45, 2.75) is 17.7 Å². The second kappa shape index (κ2) is 5.24. The van der Waals surface area contributed by atoms with Gasteiger partial charge in [0.1, 0.15) is 0 Å². The van der Waals surface area contributed by atoms with Gasteiger partial charge in [-0.25, -0.2) is 0 Å². The van der Waals surface area contributed by atoms with E-state index in [0.29, 0.717) is 6.54 Å². The first-order valence-electron chi connectivity index (χ1n) is 5.61. The maximum Gasteiger partial charge on any atom is 0.228 e. The molecular formula is C13H14N2OS. The average molecular weight is 246 g/mol. The quantitative estimate of drug-likeness (QED) is 0.889. The van der Waals surface area contributed by atoms with Gasteiger partial charge in [0.05, 0.1) is 17.9 Å². The first kappa shape index (κ1) is 12.0. The third kappa shape index (κ3) is 2.62. The molecule has 1 aliphatic heterocycles. The molecule has 2 unspecified atom stereocenters. The van der Waals surface area contributed by atoms with Gasteiger partial charge in [-0.05, 0) is 18.6 Å². The lowest BCUT2D eigenvalue weighted by Crippen LogP contribution is -2.32. The molecule has 0 aromatic heterocycles. The lowest BCUT2D eigenvalue weighted by molar-refractivity contribution is -0.122. The monoisotopic (exact) mass is 246 g/mol. The van der Waals surface area contributed by atoms with Crippen molar-refractivity contribution in [3.63, 3.8) is 0 Å². The maximum absolute atomic E-state index is 12.0.